The van der Waals surface area contributed by atoms with Crippen molar-refractivity contribution in [3.63, 3.8) is 0 Å². The molecule has 7 nitrogen and oxygen atoms in total. The molecule has 8 heteroatoms. The van der Waals surface area contributed by atoms with Crippen molar-refractivity contribution >= 4 is 33.4 Å². The predicted octanol–water partition coefficient (Wildman–Crippen LogP) is 1.74. The Morgan fingerprint density at radius 1 is 1.42 bits per heavy atom. The van der Waals surface area contributed by atoms with Crippen molar-refractivity contribution in [1.29, 1.82) is 0 Å². The number of nitrogens with zero attached hydrogens (tertiary/aromatic N) is 1. The lowest BCUT2D eigenvalue weighted by molar-refractivity contribution is -0.386. The maximum Gasteiger partial charge on any atom is 0.337 e. The van der Waals surface area contributed by atoms with Crippen LogP contribution in [-0.4, -0.2) is 26.9 Å². The van der Waals surface area contributed by atoms with Crippen LogP contribution < -0.4 is 0 Å². The molecular formula is C11H10BrNO6. The molecule has 19 heavy (non-hydrogen) atoms. The highest BCUT2D eigenvalue weighted by molar-refractivity contribution is 9.09. The molecule has 1 rings (SSSR count). The van der Waals surface area contributed by atoms with Gasteiger partial charge in [-0.05, 0) is 18.6 Å². The Hall–Kier alpha value is -1.80. The number of aliphatic hydroxyl groups excluding tert-OH is 1. The summed E-state index contributed by atoms with van der Waals surface area (Å²) < 4.78 is 0. The van der Waals surface area contributed by atoms with Gasteiger partial charge in [0.05, 0.1) is 15.3 Å². The van der Waals surface area contributed by atoms with Crippen molar-refractivity contribution in [2.45, 2.75) is 17.9 Å². The van der Waals surface area contributed by atoms with Gasteiger partial charge >= 0.3 is 5.97 Å². The Labute approximate surface area is 116 Å². The van der Waals surface area contributed by atoms with Crippen LogP contribution in [0.15, 0.2) is 18.2 Å². The lowest BCUT2D eigenvalue weighted by Crippen LogP contribution is -2.13. The minimum Gasteiger partial charge on any atom is -0.479 e. The Kier molecular flexibility index (Phi) is 4.73. The van der Waals surface area contributed by atoms with Gasteiger partial charge in [0.1, 0.15) is 5.78 Å². The second kappa shape index (κ2) is 5.89. The SMILES string of the molecule is CC(=O)C(Br)c1ccc(C(O)C(=O)O)c([N+](=O)[O-])c1. The van der Waals surface area contributed by atoms with E-state index >= 15 is 0 Å². The zero-order chi connectivity index (χ0) is 14.7. The molecule has 0 aromatic heterocycles. The minimum atomic E-state index is -1.99. The predicted molar refractivity (Wildman–Crippen MR) is 68.0 cm³/mol. The number of halogens is 1. The summed E-state index contributed by atoms with van der Waals surface area (Å²) in [4.78, 5) is 31.2. The number of carboxylic acid groups (broad SMARTS) is 1. The van der Waals surface area contributed by atoms with Gasteiger partial charge in [-0.25, -0.2) is 4.79 Å². The molecule has 0 saturated heterocycles. The summed E-state index contributed by atoms with van der Waals surface area (Å²) in [5.41, 5.74) is -0.553. The zero-order valence-corrected chi connectivity index (χ0v) is 11.3. The standard InChI is InChI=1S/C11H10BrNO6/c1-5(14)9(12)6-2-3-7(10(15)11(16)17)8(4-6)13(18)19/h2-4,9-10,15H,1H3,(H,16,17). The molecule has 0 amide bonds. The Morgan fingerprint density at radius 2 is 2.00 bits per heavy atom. The van der Waals surface area contributed by atoms with Crippen molar-refractivity contribution in [2.75, 3.05) is 0 Å². The molecule has 0 fully saturated rings. The third-order valence-electron chi connectivity index (χ3n) is 2.43. The average molecular weight is 332 g/mol. The van der Waals surface area contributed by atoms with Crippen LogP contribution in [-0.2, 0) is 9.59 Å². The highest BCUT2D eigenvalue weighted by Gasteiger charge is 2.27. The lowest BCUT2D eigenvalue weighted by Gasteiger charge is -2.10. The van der Waals surface area contributed by atoms with E-state index in [4.69, 9.17) is 5.11 Å². The van der Waals surface area contributed by atoms with E-state index in [1.165, 1.54) is 13.0 Å². The number of rotatable bonds is 5. The van der Waals surface area contributed by atoms with E-state index in [0.717, 1.165) is 12.1 Å². The topological polar surface area (TPSA) is 118 Å². The Balaban J connectivity index is 3.34. The van der Waals surface area contributed by atoms with Crippen LogP contribution in [0.5, 0.6) is 0 Å². The van der Waals surface area contributed by atoms with Crippen LogP contribution >= 0.6 is 15.9 Å². The fourth-order valence-corrected chi connectivity index (χ4v) is 1.76. The monoisotopic (exact) mass is 331 g/mol. The third-order valence-corrected chi connectivity index (χ3v) is 3.60. The number of hydrogen-bond donors (Lipinski definition) is 2. The second-order valence-corrected chi connectivity index (χ2v) is 4.71. The molecule has 0 heterocycles. The van der Waals surface area contributed by atoms with Crippen LogP contribution in [0.2, 0.25) is 0 Å². The van der Waals surface area contributed by atoms with Gasteiger partial charge in [-0.2, -0.15) is 0 Å². The zero-order valence-electron chi connectivity index (χ0n) is 9.74. The van der Waals surface area contributed by atoms with E-state index in [1.807, 2.05) is 0 Å². The van der Waals surface area contributed by atoms with Crippen molar-refractivity contribution in [3.8, 4) is 0 Å². The van der Waals surface area contributed by atoms with Crippen LogP contribution in [0.3, 0.4) is 0 Å². The Bertz CT molecular complexity index is 544. The highest BCUT2D eigenvalue weighted by Crippen LogP contribution is 2.32. The third kappa shape index (κ3) is 3.36. The quantitative estimate of drug-likeness (QED) is 0.482. The summed E-state index contributed by atoms with van der Waals surface area (Å²) in [5.74, 6) is -1.83. The van der Waals surface area contributed by atoms with Crippen LogP contribution in [0.1, 0.15) is 29.0 Å². The number of aliphatic carboxylic acids is 1. The molecule has 0 saturated carbocycles. The van der Waals surface area contributed by atoms with Gasteiger partial charge in [0.25, 0.3) is 5.69 Å². The number of carbonyl (C=O) groups excluding carboxylic acids is 1. The van der Waals surface area contributed by atoms with Crippen molar-refractivity contribution in [1.82, 2.24) is 0 Å². The minimum absolute atomic E-state index is 0.249. The van der Waals surface area contributed by atoms with Gasteiger partial charge in [-0.1, -0.05) is 22.0 Å². The van der Waals surface area contributed by atoms with Crippen LogP contribution in [0.25, 0.3) is 0 Å². The smallest absolute Gasteiger partial charge is 0.337 e. The average Bonchev–Trinajstić information content (AvgIpc) is 2.35. The number of ketones is 1. The van der Waals surface area contributed by atoms with Crippen molar-refractivity contribution in [3.05, 3.63) is 39.4 Å². The van der Waals surface area contributed by atoms with E-state index in [2.05, 4.69) is 15.9 Å². The first-order valence-electron chi connectivity index (χ1n) is 5.09. The molecule has 1 aromatic rings. The van der Waals surface area contributed by atoms with Gasteiger partial charge in [-0.3, -0.25) is 14.9 Å². The van der Waals surface area contributed by atoms with Gasteiger partial charge in [0.2, 0.25) is 0 Å². The number of carboxylic acids is 1. The summed E-state index contributed by atoms with van der Waals surface area (Å²) in [7, 11) is 0. The number of aliphatic hydroxyl groups is 1. The largest absolute Gasteiger partial charge is 0.479 e. The molecule has 0 bridgehead atoms. The van der Waals surface area contributed by atoms with Gasteiger partial charge < -0.3 is 10.2 Å². The van der Waals surface area contributed by atoms with E-state index in [-0.39, 0.29) is 11.3 Å². The maximum atomic E-state index is 11.2. The number of alkyl halides is 1. The summed E-state index contributed by atoms with van der Waals surface area (Å²) in [6.07, 6.45) is -1.99. The number of nitro groups is 1. The van der Waals surface area contributed by atoms with E-state index in [0.29, 0.717) is 5.56 Å². The van der Waals surface area contributed by atoms with Crippen LogP contribution in [0, 0.1) is 10.1 Å². The van der Waals surface area contributed by atoms with Crippen LogP contribution in [0.4, 0.5) is 5.69 Å². The number of nitro benzene ring substituents is 1. The summed E-state index contributed by atoms with van der Waals surface area (Å²) >= 11 is 3.07. The van der Waals surface area contributed by atoms with Gasteiger partial charge in [-0.15, -0.1) is 0 Å². The Morgan fingerprint density at radius 3 is 2.42 bits per heavy atom. The fourth-order valence-electron chi connectivity index (χ4n) is 1.48. The number of benzene rings is 1. The second-order valence-electron chi connectivity index (χ2n) is 3.79. The molecule has 2 unspecified atom stereocenters. The molecule has 0 spiro atoms. The fraction of sp³-hybridized carbons (Fsp3) is 0.273. The summed E-state index contributed by atoms with van der Waals surface area (Å²) in [5, 5.41) is 29.0. The molecule has 0 aliphatic carbocycles. The number of hydrogen-bond acceptors (Lipinski definition) is 5. The first-order chi connectivity index (χ1) is 8.75. The normalized spacial score (nSPS) is 13.6. The van der Waals surface area contributed by atoms with Gasteiger partial charge in [0, 0.05) is 6.07 Å². The van der Waals surface area contributed by atoms with E-state index in [9.17, 15) is 24.8 Å². The lowest BCUT2D eigenvalue weighted by atomic mass is 10.0. The molecule has 2 atom stereocenters. The molecule has 2 N–H and O–H groups in total. The molecule has 0 aliphatic heterocycles. The van der Waals surface area contributed by atoms with Gasteiger partial charge in [0.15, 0.2) is 6.10 Å². The molecule has 0 aliphatic rings. The first kappa shape index (κ1) is 15.3. The van der Waals surface area contributed by atoms with E-state index in [1.54, 1.807) is 0 Å². The van der Waals surface area contributed by atoms with Crippen molar-refractivity contribution < 1.29 is 24.7 Å². The number of carbonyl (C=O) groups is 2. The maximum absolute atomic E-state index is 11.2. The number of Topliss-reactive ketones (excluding diaryl/α,β-unsaturated/α-hetero) is 1. The molecule has 102 valence electrons. The van der Waals surface area contributed by atoms with Crippen molar-refractivity contribution in [2.24, 2.45) is 0 Å². The first-order valence-corrected chi connectivity index (χ1v) is 6.01. The van der Waals surface area contributed by atoms with E-state index < -0.39 is 27.5 Å². The summed E-state index contributed by atoms with van der Waals surface area (Å²) in [6.45, 7) is 1.31. The molecule has 0 radical (unpaired) electrons. The molecular weight excluding hydrogens is 322 g/mol. The summed E-state index contributed by atoms with van der Waals surface area (Å²) in [6, 6.07) is 3.56. The highest BCUT2D eigenvalue weighted by atomic mass is 79.9. The molecule has 1 aromatic carbocycles.